The Balaban J connectivity index is 1.62. The average Bonchev–Trinajstić information content (AvgIpc) is 3.21. The van der Waals surface area contributed by atoms with Crippen LogP contribution in [-0.4, -0.2) is 74.0 Å². The molecule has 2 heterocycles. The number of aliphatic imine (C=N–C) groups is 1. The molecule has 22 heavy (non-hydrogen) atoms. The van der Waals surface area contributed by atoms with Gasteiger partial charge in [0.15, 0.2) is 5.96 Å². The minimum atomic E-state index is 0.248. The van der Waals surface area contributed by atoms with Crippen molar-refractivity contribution in [3.8, 4) is 0 Å². The zero-order valence-electron chi connectivity index (χ0n) is 14.1. The van der Waals surface area contributed by atoms with Gasteiger partial charge in [0.05, 0.1) is 0 Å². The zero-order valence-corrected chi connectivity index (χ0v) is 14.1. The number of likely N-dealkylation sites (tertiary alicyclic amines) is 2. The van der Waals surface area contributed by atoms with Crippen molar-refractivity contribution in [2.24, 2.45) is 4.99 Å². The molecule has 2 rings (SSSR count). The number of rotatable bonds is 6. The number of hydrogen-bond acceptors (Lipinski definition) is 3. The molecule has 0 aromatic heterocycles. The molecule has 6 heteroatoms. The molecule has 0 aliphatic carbocycles. The van der Waals surface area contributed by atoms with Crippen LogP contribution in [0.1, 0.15) is 39.0 Å². The minimum absolute atomic E-state index is 0.248. The van der Waals surface area contributed by atoms with Gasteiger partial charge < -0.3 is 20.4 Å². The van der Waals surface area contributed by atoms with Gasteiger partial charge in [-0.25, -0.2) is 0 Å². The summed E-state index contributed by atoms with van der Waals surface area (Å²) >= 11 is 0. The fourth-order valence-corrected chi connectivity index (χ4v) is 3.23. The third kappa shape index (κ3) is 5.16. The Morgan fingerprint density at radius 3 is 2.73 bits per heavy atom. The quantitative estimate of drug-likeness (QED) is 0.430. The van der Waals surface area contributed by atoms with Crippen molar-refractivity contribution >= 4 is 11.9 Å². The van der Waals surface area contributed by atoms with Gasteiger partial charge in [-0.15, -0.1) is 0 Å². The van der Waals surface area contributed by atoms with Crippen molar-refractivity contribution in [1.82, 2.24) is 20.4 Å². The Morgan fingerprint density at radius 2 is 2.05 bits per heavy atom. The summed E-state index contributed by atoms with van der Waals surface area (Å²) in [4.78, 5) is 20.5. The van der Waals surface area contributed by atoms with Gasteiger partial charge in [0.2, 0.25) is 5.91 Å². The summed E-state index contributed by atoms with van der Waals surface area (Å²) in [5, 5.41) is 6.82. The number of nitrogens with one attached hydrogen (secondary N) is 2. The van der Waals surface area contributed by atoms with E-state index in [0.29, 0.717) is 12.5 Å². The second kappa shape index (κ2) is 8.98. The highest BCUT2D eigenvalue weighted by molar-refractivity contribution is 5.80. The van der Waals surface area contributed by atoms with Gasteiger partial charge in [-0.2, -0.15) is 0 Å². The van der Waals surface area contributed by atoms with E-state index in [1.807, 2.05) is 11.8 Å². The molecule has 126 valence electrons. The number of amides is 1. The Labute approximate surface area is 134 Å². The highest BCUT2D eigenvalue weighted by Crippen LogP contribution is 2.10. The van der Waals surface area contributed by atoms with E-state index in [4.69, 9.17) is 0 Å². The van der Waals surface area contributed by atoms with Gasteiger partial charge in [0.25, 0.3) is 0 Å². The summed E-state index contributed by atoms with van der Waals surface area (Å²) in [5.41, 5.74) is 0. The average molecular weight is 309 g/mol. The van der Waals surface area contributed by atoms with Crippen molar-refractivity contribution in [2.75, 3.05) is 46.3 Å². The molecule has 1 atom stereocenters. The molecule has 6 nitrogen and oxygen atoms in total. The number of carbonyl (C=O) groups is 1. The van der Waals surface area contributed by atoms with E-state index in [0.717, 1.165) is 38.4 Å². The molecule has 1 amide bonds. The molecular weight excluding hydrogens is 278 g/mol. The highest BCUT2D eigenvalue weighted by atomic mass is 16.2. The van der Waals surface area contributed by atoms with E-state index in [1.165, 1.54) is 32.5 Å². The molecule has 0 aromatic rings. The predicted molar refractivity (Wildman–Crippen MR) is 90.1 cm³/mol. The van der Waals surface area contributed by atoms with Crippen LogP contribution in [0.2, 0.25) is 0 Å². The molecule has 0 saturated carbocycles. The maximum absolute atomic E-state index is 11.7. The van der Waals surface area contributed by atoms with Crippen molar-refractivity contribution in [3.05, 3.63) is 0 Å². The van der Waals surface area contributed by atoms with Crippen LogP contribution in [0.5, 0.6) is 0 Å². The van der Waals surface area contributed by atoms with Crippen molar-refractivity contribution < 1.29 is 4.79 Å². The molecule has 0 aromatic carbocycles. The summed E-state index contributed by atoms with van der Waals surface area (Å²) in [5.74, 6) is 1.11. The molecule has 0 bridgehead atoms. The van der Waals surface area contributed by atoms with Gasteiger partial charge in [0.1, 0.15) is 0 Å². The Morgan fingerprint density at radius 1 is 1.27 bits per heavy atom. The molecule has 2 fully saturated rings. The summed E-state index contributed by atoms with van der Waals surface area (Å²) in [6.07, 6.45) is 5.44. The standard InChI is InChI=1S/C16H31N5O/c1-3-15(22)21-12-7-14(13-21)19-16(17-2)18-8-6-11-20-9-4-5-10-20/h14H,3-13H2,1-2H3,(H2,17,18,19). The Hall–Kier alpha value is -1.30. The molecule has 1 unspecified atom stereocenters. The first-order chi connectivity index (χ1) is 10.7. The number of guanidine groups is 1. The fourth-order valence-electron chi connectivity index (χ4n) is 3.23. The number of carbonyl (C=O) groups excluding carboxylic acids is 1. The van der Waals surface area contributed by atoms with E-state index < -0.39 is 0 Å². The monoisotopic (exact) mass is 309 g/mol. The van der Waals surface area contributed by atoms with Crippen LogP contribution in [0.3, 0.4) is 0 Å². The van der Waals surface area contributed by atoms with Crippen LogP contribution in [-0.2, 0) is 4.79 Å². The number of hydrogen-bond donors (Lipinski definition) is 2. The van der Waals surface area contributed by atoms with Crippen LogP contribution < -0.4 is 10.6 Å². The molecule has 2 aliphatic rings. The summed E-state index contributed by atoms with van der Waals surface area (Å²) < 4.78 is 0. The summed E-state index contributed by atoms with van der Waals surface area (Å²) in [6.45, 7) is 8.21. The van der Waals surface area contributed by atoms with Gasteiger partial charge in [-0.1, -0.05) is 6.92 Å². The lowest BCUT2D eigenvalue weighted by atomic mass is 10.3. The first-order valence-electron chi connectivity index (χ1n) is 8.70. The second-order valence-electron chi connectivity index (χ2n) is 6.22. The molecule has 0 radical (unpaired) electrons. The van der Waals surface area contributed by atoms with Crippen LogP contribution >= 0.6 is 0 Å². The largest absolute Gasteiger partial charge is 0.356 e. The van der Waals surface area contributed by atoms with Gasteiger partial charge in [0, 0.05) is 39.1 Å². The first kappa shape index (κ1) is 17.1. The van der Waals surface area contributed by atoms with E-state index >= 15 is 0 Å². The first-order valence-corrected chi connectivity index (χ1v) is 8.70. The predicted octanol–water partition coefficient (Wildman–Crippen LogP) is 0.648. The van der Waals surface area contributed by atoms with E-state index in [9.17, 15) is 4.79 Å². The van der Waals surface area contributed by atoms with Gasteiger partial charge >= 0.3 is 0 Å². The van der Waals surface area contributed by atoms with Crippen LogP contribution in [0.4, 0.5) is 0 Å². The number of nitrogens with zero attached hydrogens (tertiary/aromatic N) is 3. The van der Waals surface area contributed by atoms with Crippen LogP contribution in [0.15, 0.2) is 4.99 Å². The second-order valence-corrected chi connectivity index (χ2v) is 6.22. The van der Waals surface area contributed by atoms with Crippen LogP contribution in [0.25, 0.3) is 0 Å². The fraction of sp³-hybridized carbons (Fsp3) is 0.875. The highest BCUT2D eigenvalue weighted by Gasteiger charge is 2.25. The third-order valence-corrected chi connectivity index (χ3v) is 4.55. The van der Waals surface area contributed by atoms with Crippen molar-refractivity contribution in [1.29, 1.82) is 0 Å². The molecule has 2 N–H and O–H groups in total. The summed E-state index contributed by atoms with van der Waals surface area (Å²) in [7, 11) is 1.81. The lowest BCUT2D eigenvalue weighted by Crippen LogP contribution is -2.45. The van der Waals surface area contributed by atoms with Crippen LogP contribution in [0, 0.1) is 0 Å². The Kier molecular flexibility index (Phi) is 6.96. The Bertz CT molecular complexity index is 379. The zero-order chi connectivity index (χ0) is 15.8. The molecule has 2 saturated heterocycles. The summed E-state index contributed by atoms with van der Waals surface area (Å²) in [6, 6.07) is 0.320. The molecule has 0 spiro atoms. The smallest absolute Gasteiger partial charge is 0.222 e. The topological polar surface area (TPSA) is 60.0 Å². The van der Waals surface area contributed by atoms with Crippen molar-refractivity contribution in [2.45, 2.75) is 45.1 Å². The van der Waals surface area contributed by atoms with E-state index in [1.54, 1.807) is 7.05 Å². The van der Waals surface area contributed by atoms with Crippen molar-refractivity contribution in [3.63, 3.8) is 0 Å². The maximum atomic E-state index is 11.7. The lowest BCUT2D eigenvalue weighted by Gasteiger charge is -2.19. The third-order valence-electron chi connectivity index (χ3n) is 4.55. The van der Waals surface area contributed by atoms with E-state index in [2.05, 4.69) is 20.5 Å². The molecule has 2 aliphatic heterocycles. The van der Waals surface area contributed by atoms with Gasteiger partial charge in [-0.05, 0) is 45.3 Å². The minimum Gasteiger partial charge on any atom is -0.356 e. The normalized spacial score (nSPS) is 23.1. The molecular formula is C16H31N5O. The van der Waals surface area contributed by atoms with Gasteiger partial charge in [-0.3, -0.25) is 9.79 Å². The SMILES string of the molecule is CCC(=O)N1CCC(NC(=NC)NCCCN2CCCC2)C1. The van der Waals surface area contributed by atoms with E-state index in [-0.39, 0.29) is 5.91 Å². The maximum Gasteiger partial charge on any atom is 0.222 e. The lowest BCUT2D eigenvalue weighted by molar-refractivity contribution is -0.129.